The van der Waals surface area contributed by atoms with E-state index in [1.165, 1.54) is 11.1 Å². The normalized spacial score (nSPS) is 11.5. The van der Waals surface area contributed by atoms with Crippen molar-refractivity contribution in [3.8, 4) is 11.1 Å². The number of benzene rings is 4. The molecular formula is C26H21N5. The van der Waals surface area contributed by atoms with Gasteiger partial charge in [-0.25, -0.2) is 4.68 Å². The largest absolute Gasteiger partial charge is 0.278 e. The molecule has 0 saturated carbocycles. The molecule has 0 aliphatic heterocycles. The van der Waals surface area contributed by atoms with E-state index in [1.807, 2.05) is 65.3 Å². The minimum Gasteiger partial charge on any atom is -0.278 e. The number of nitrogens with zero attached hydrogens (tertiary/aromatic N) is 4. The van der Waals surface area contributed by atoms with E-state index >= 15 is 0 Å². The Morgan fingerprint density at radius 3 is 2.13 bits per heavy atom. The molecule has 0 atom stereocenters. The molecule has 0 aliphatic rings. The molecular weight excluding hydrogens is 382 g/mol. The second-order valence-corrected chi connectivity index (χ2v) is 7.22. The third kappa shape index (κ3) is 4.21. The van der Waals surface area contributed by atoms with Crippen molar-refractivity contribution < 1.29 is 0 Å². The second-order valence-electron chi connectivity index (χ2n) is 7.22. The molecule has 0 fully saturated rings. The fourth-order valence-corrected chi connectivity index (χ4v) is 3.50. The SMILES string of the molecule is c1ccc(NN=C(Cn2nnc3ccccc32)c2ccc(-c3ccccc3)cc2)cc1. The van der Waals surface area contributed by atoms with E-state index in [2.05, 4.69) is 64.3 Å². The summed E-state index contributed by atoms with van der Waals surface area (Å²) < 4.78 is 1.88. The number of fused-ring (bicyclic) bond motifs is 1. The molecule has 1 heterocycles. The average molecular weight is 403 g/mol. The van der Waals surface area contributed by atoms with Crippen molar-refractivity contribution in [3.63, 3.8) is 0 Å². The van der Waals surface area contributed by atoms with Crippen LogP contribution in [-0.4, -0.2) is 20.7 Å². The molecule has 5 aromatic rings. The van der Waals surface area contributed by atoms with Crippen molar-refractivity contribution in [2.45, 2.75) is 6.54 Å². The molecule has 1 N–H and O–H groups in total. The topological polar surface area (TPSA) is 55.1 Å². The highest BCUT2D eigenvalue weighted by Crippen LogP contribution is 2.20. The highest BCUT2D eigenvalue weighted by atomic mass is 15.4. The van der Waals surface area contributed by atoms with Crippen molar-refractivity contribution in [1.82, 2.24) is 15.0 Å². The molecule has 0 radical (unpaired) electrons. The van der Waals surface area contributed by atoms with Gasteiger partial charge in [-0.15, -0.1) is 5.10 Å². The van der Waals surface area contributed by atoms with E-state index in [-0.39, 0.29) is 0 Å². The smallest absolute Gasteiger partial charge is 0.113 e. The molecule has 0 spiro atoms. The van der Waals surface area contributed by atoms with Crippen molar-refractivity contribution in [2.75, 3.05) is 5.43 Å². The van der Waals surface area contributed by atoms with E-state index < -0.39 is 0 Å². The average Bonchev–Trinajstić information content (AvgIpc) is 3.26. The van der Waals surface area contributed by atoms with E-state index in [4.69, 9.17) is 5.10 Å². The summed E-state index contributed by atoms with van der Waals surface area (Å²) >= 11 is 0. The van der Waals surface area contributed by atoms with Gasteiger partial charge in [0.05, 0.1) is 23.5 Å². The fraction of sp³-hybridized carbons (Fsp3) is 0.0385. The summed E-state index contributed by atoms with van der Waals surface area (Å²) in [6, 6.07) is 36.7. The van der Waals surface area contributed by atoms with Crippen LogP contribution in [0.5, 0.6) is 0 Å². The van der Waals surface area contributed by atoms with E-state index in [0.717, 1.165) is 28.0 Å². The molecule has 5 heteroatoms. The monoisotopic (exact) mass is 403 g/mol. The van der Waals surface area contributed by atoms with Crippen molar-refractivity contribution in [1.29, 1.82) is 0 Å². The van der Waals surface area contributed by atoms with Crippen LogP contribution in [0, 0.1) is 0 Å². The Morgan fingerprint density at radius 1 is 0.710 bits per heavy atom. The van der Waals surface area contributed by atoms with Crippen molar-refractivity contribution in [3.05, 3.63) is 115 Å². The lowest BCUT2D eigenvalue weighted by Crippen LogP contribution is -2.15. The highest BCUT2D eigenvalue weighted by Gasteiger charge is 2.10. The van der Waals surface area contributed by atoms with Gasteiger partial charge < -0.3 is 0 Å². The van der Waals surface area contributed by atoms with Gasteiger partial charge >= 0.3 is 0 Å². The Morgan fingerprint density at radius 2 is 1.35 bits per heavy atom. The van der Waals surface area contributed by atoms with Gasteiger partial charge in [0, 0.05) is 0 Å². The second kappa shape index (κ2) is 8.63. The molecule has 0 unspecified atom stereocenters. The maximum Gasteiger partial charge on any atom is 0.113 e. The van der Waals surface area contributed by atoms with Gasteiger partial charge in [-0.1, -0.05) is 90.1 Å². The first-order valence-electron chi connectivity index (χ1n) is 10.2. The number of aromatic nitrogens is 3. The quantitative estimate of drug-likeness (QED) is 0.296. The third-order valence-electron chi connectivity index (χ3n) is 5.14. The molecule has 4 aromatic carbocycles. The first-order valence-corrected chi connectivity index (χ1v) is 10.2. The molecule has 5 rings (SSSR count). The predicted octanol–water partition coefficient (Wildman–Crippen LogP) is 5.61. The van der Waals surface area contributed by atoms with E-state index in [1.54, 1.807) is 0 Å². The number of hydrazone groups is 1. The summed E-state index contributed by atoms with van der Waals surface area (Å²) in [5.74, 6) is 0. The summed E-state index contributed by atoms with van der Waals surface area (Å²) in [6.07, 6.45) is 0. The van der Waals surface area contributed by atoms with Gasteiger partial charge in [0.2, 0.25) is 0 Å². The number of para-hydroxylation sites is 2. The summed E-state index contributed by atoms with van der Waals surface area (Å²) in [5, 5.41) is 13.3. The van der Waals surface area contributed by atoms with Gasteiger partial charge in [-0.3, -0.25) is 5.43 Å². The minimum atomic E-state index is 0.505. The lowest BCUT2D eigenvalue weighted by Gasteiger charge is -2.10. The molecule has 0 aliphatic carbocycles. The summed E-state index contributed by atoms with van der Waals surface area (Å²) in [5.41, 5.74) is 10.2. The highest BCUT2D eigenvalue weighted by molar-refractivity contribution is 6.01. The zero-order valence-corrected chi connectivity index (χ0v) is 16.9. The zero-order valence-electron chi connectivity index (χ0n) is 16.9. The Labute approximate surface area is 180 Å². The number of hydrogen-bond acceptors (Lipinski definition) is 4. The Bertz CT molecular complexity index is 1310. The summed E-state index contributed by atoms with van der Waals surface area (Å²) in [6.45, 7) is 0.505. The molecule has 31 heavy (non-hydrogen) atoms. The molecule has 0 saturated heterocycles. The lowest BCUT2D eigenvalue weighted by atomic mass is 10.0. The lowest BCUT2D eigenvalue weighted by molar-refractivity contribution is 0.700. The maximum absolute atomic E-state index is 4.73. The molecule has 150 valence electrons. The number of nitrogens with one attached hydrogen (secondary N) is 1. The van der Waals surface area contributed by atoms with Gasteiger partial charge in [-0.2, -0.15) is 5.10 Å². The van der Waals surface area contributed by atoms with E-state index in [0.29, 0.717) is 6.54 Å². The van der Waals surface area contributed by atoms with Gasteiger partial charge in [0.1, 0.15) is 5.52 Å². The number of rotatable bonds is 6. The van der Waals surface area contributed by atoms with Crippen LogP contribution in [0.1, 0.15) is 5.56 Å². The molecule has 0 bridgehead atoms. The molecule has 5 nitrogen and oxygen atoms in total. The standard InChI is InChI=1S/C26H21N5/c1-3-9-20(10-4-1)21-15-17-22(18-16-21)25(28-27-23-11-5-2-6-12-23)19-31-26-14-8-7-13-24(26)29-30-31/h1-18,27H,19H2. The maximum atomic E-state index is 4.73. The predicted molar refractivity (Wildman–Crippen MR) is 126 cm³/mol. The molecule has 0 amide bonds. The number of hydrogen-bond donors (Lipinski definition) is 1. The van der Waals surface area contributed by atoms with Crippen LogP contribution >= 0.6 is 0 Å². The first-order chi connectivity index (χ1) is 15.4. The van der Waals surface area contributed by atoms with Crippen LogP contribution in [0.3, 0.4) is 0 Å². The van der Waals surface area contributed by atoms with Crippen LogP contribution < -0.4 is 5.43 Å². The van der Waals surface area contributed by atoms with Crippen LogP contribution in [0.2, 0.25) is 0 Å². The van der Waals surface area contributed by atoms with Crippen molar-refractivity contribution in [2.24, 2.45) is 5.10 Å². The van der Waals surface area contributed by atoms with E-state index in [9.17, 15) is 0 Å². The van der Waals surface area contributed by atoms with Crippen LogP contribution in [-0.2, 0) is 6.54 Å². The van der Waals surface area contributed by atoms with Crippen LogP contribution in [0.4, 0.5) is 5.69 Å². The number of anilines is 1. The zero-order chi connectivity index (χ0) is 20.9. The third-order valence-corrected chi connectivity index (χ3v) is 5.14. The summed E-state index contributed by atoms with van der Waals surface area (Å²) in [7, 11) is 0. The van der Waals surface area contributed by atoms with Gasteiger partial charge in [0.25, 0.3) is 0 Å². The van der Waals surface area contributed by atoms with Gasteiger partial charge in [-0.05, 0) is 41.0 Å². The first kappa shape index (κ1) is 18.8. The van der Waals surface area contributed by atoms with Crippen LogP contribution in [0.25, 0.3) is 22.2 Å². The van der Waals surface area contributed by atoms with Gasteiger partial charge in [0.15, 0.2) is 0 Å². The Hall–Kier alpha value is -4.25. The minimum absolute atomic E-state index is 0.505. The summed E-state index contributed by atoms with van der Waals surface area (Å²) in [4.78, 5) is 0. The van der Waals surface area contributed by atoms with Crippen LogP contribution in [0.15, 0.2) is 114 Å². The Balaban J connectivity index is 1.49. The fourth-order valence-electron chi connectivity index (χ4n) is 3.50. The molecule has 1 aromatic heterocycles. The van der Waals surface area contributed by atoms with Crippen molar-refractivity contribution >= 4 is 22.4 Å². The Kier molecular flexibility index (Phi) is 5.22.